The van der Waals surface area contributed by atoms with Crippen LogP contribution in [0.2, 0.25) is 0 Å². The van der Waals surface area contributed by atoms with Gasteiger partial charge in [0.2, 0.25) is 0 Å². The van der Waals surface area contributed by atoms with Gasteiger partial charge in [-0.1, -0.05) is 6.92 Å². The van der Waals surface area contributed by atoms with Gasteiger partial charge in [-0.2, -0.15) is 0 Å². The molecule has 4 heteroatoms. The molecule has 0 saturated carbocycles. The maximum Gasteiger partial charge on any atom is 0.0611 e. The van der Waals surface area contributed by atoms with Crippen LogP contribution in [0.1, 0.15) is 32.6 Å². The summed E-state index contributed by atoms with van der Waals surface area (Å²) in [6.07, 6.45) is 4.00. The van der Waals surface area contributed by atoms with Gasteiger partial charge < -0.3 is 20.6 Å². The number of nitrogens with zero attached hydrogens (tertiary/aromatic N) is 2. The third-order valence-electron chi connectivity index (χ3n) is 3.38. The number of hydrogen-bond acceptors (Lipinski definition) is 4. The van der Waals surface area contributed by atoms with Gasteiger partial charge in [-0.3, -0.25) is 0 Å². The summed E-state index contributed by atoms with van der Waals surface area (Å²) in [4.78, 5) is 4.55. The lowest BCUT2D eigenvalue weighted by molar-refractivity contribution is 0.174. The van der Waals surface area contributed by atoms with E-state index in [1.165, 1.54) is 6.42 Å². The van der Waals surface area contributed by atoms with Crippen molar-refractivity contribution in [2.75, 3.05) is 47.4 Å². The predicted molar refractivity (Wildman–Crippen MR) is 74.2 cm³/mol. The van der Waals surface area contributed by atoms with Crippen molar-refractivity contribution >= 4 is 0 Å². The molecule has 104 valence electrons. The van der Waals surface area contributed by atoms with E-state index >= 15 is 0 Å². The fourth-order valence-corrected chi connectivity index (χ4v) is 1.84. The van der Waals surface area contributed by atoms with Gasteiger partial charge in [0.15, 0.2) is 0 Å². The molecule has 0 aliphatic heterocycles. The van der Waals surface area contributed by atoms with Crippen LogP contribution in [0.15, 0.2) is 0 Å². The van der Waals surface area contributed by atoms with E-state index in [9.17, 15) is 5.11 Å². The molecule has 0 aromatic carbocycles. The van der Waals surface area contributed by atoms with Crippen molar-refractivity contribution < 1.29 is 5.11 Å². The quantitative estimate of drug-likeness (QED) is 0.596. The van der Waals surface area contributed by atoms with Crippen LogP contribution < -0.4 is 5.73 Å². The highest BCUT2D eigenvalue weighted by molar-refractivity contribution is 4.81. The molecule has 0 amide bonds. The van der Waals surface area contributed by atoms with Gasteiger partial charge in [-0.25, -0.2) is 0 Å². The van der Waals surface area contributed by atoms with Crippen LogP contribution in [0.5, 0.6) is 0 Å². The highest BCUT2D eigenvalue weighted by Crippen LogP contribution is 2.13. The van der Waals surface area contributed by atoms with Gasteiger partial charge in [0, 0.05) is 5.54 Å². The molecule has 1 atom stereocenters. The molecule has 0 fully saturated rings. The summed E-state index contributed by atoms with van der Waals surface area (Å²) in [5, 5.41) is 9.21. The Morgan fingerprint density at radius 2 is 1.65 bits per heavy atom. The van der Waals surface area contributed by atoms with E-state index < -0.39 is 0 Å². The van der Waals surface area contributed by atoms with Gasteiger partial charge in [0.1, 0.15) is 0 Å². The van der Waals surface area contributed by atoms with Gasteiger partial charge in [-0.15, -0.1) is 0 Å². The standard InChI is InChI=1S/C13H31N3O/c1-5-13(14,12-17)8-6-10-16(4)11-7-9-15(2)3/h17H,5-12,14H2,1-4H3. The van der Waals surface area contributed by atoms with Crippen LogP contribution in [-0.2, 0) is 0 Å². The highest BCUT2D eigenvalue weighted by Gasteiger charge is 2.20. The summed E-state index contributed by atoms with van der Waals surface area (Å²) in [5.74, 6) is 0. The Morgan fingerprint density at radius 1 is 1.06 bits per heavy atom. The molecule has 0 aromatic heterocycles. The molecule has 0 aromatic rings. The zero-order valence-corrected chi connectivity index (χ0v) is 12.1. The summed E-state index contributed by atoms with van der Waals surface area (Å²) in [6, 6.07) is 0. The minimum absolute atomic E-state index is 0.0911. The summed E-state index contributed by atoms with van der Waals surface area (Å²) in [6.45, 7) is 5.45. The van der Waals surface area contributed by atoms with Crippen molar-refractivity contribution in [3.63, 3.8) is 0 Å². The molecule has 1 unspecified atom stereocenters. The maximum atomic E-state index is 9.21. The third-order valence-corrected chi connectivity index (χ3v) is 3.38. The van der Waals surface area contributed by atoms with Crippen molar-refractivity contribution in [1.82, 2.24) is 9.80 Å². The molecule has 4 nitrogen and oxygen atoms in total. The molecular weight excluding hydrogens is 214 g/mol. The Labute approximate surface area is 107 Å². The van der Waals surface area contributed by atoms with E-state index in [1.54, 1.807) is 0 Å². The molecular formula is C13H31N3O. The lowest BCUT2D eigenvalue weighted by atomic mass is 9.92. The maximum absolute atomic E-state index is 9.21. The SMILES string of the molecule is CCC(N)(CO)CCCN(C)CCCN(C)C. The first-order valence-corrected chi connectivity index (χ1v) is 6.66. The first kappa shape index (κ1) is 16.8. The number of aliphatic hydroxyl groups is 1. The summed E-state index contributed by atoms with van der Waals surface area (Å²) < 4.78 is 0. The minimum atomic E-state index is -0.371. The van der Waals surface area contributed by atoms with Crippen LogP contribution in [0.25, 0.3) is 0 Å². The molecule has 0 radical (unpaired) electrons. The minimum Gasteiger partial charge on any atom is -0.394 e. The molecule has 0 saturated heterocycles. The molecule has 0 aliphatic carbocycles. The number of rotatable bonds is 10. The van der Waals surface area contributed by atoms with E-state index in [0.717, 1.165) is 38.9 Å². The second-order valence-electron chi connectivity index (χ2n) is 5.44. The molecule has 0 spiro atoms. The molecule has 3 N–H and O–H groups in total. The van der Waals surface area contributed by atoms with Crippen molar-refractivity contribution in [3.05, 3.63) is 0 Å². The summed E-state index contributed by atoms with van der Waals surface area (Å²) in [7, 11) is 6.36. The average molecular weight is 245 g/mol. The number of aliphatic hydroxyl groups excluding tert-OH is 1. The van der Waals surface area contributed by atoms with Crippen molar-refractivity contribution in [2.24, 2.45) is 5.73 Å². The van der Waals surface area contributed by atoms with Crippen LogP contribution >= 0.6 is 0 Å². The van der Waals surface area contributed by atoms with E-state index in [4.69, 9.17) is 5.73 Å². The first-order valence-electron chi connectivity index (χ1n) is 6.66. The zero-order chi connectivity index (χ0) is 13.3. The average Bonchev–Trinajstić information content (AvgIpc) is 2.28. The van der Waals surface area contributed by atoms with E-state index in [-0.39, 0.29) is 12.1 Å². The van der Waals surface area contributed by atoms with Crippen molar-refractivity contribution in [3.8, 4) is 0 Å². The second-order valence-corrected chi connectivity index (χ2v) is 5.44. The van der Waals surface area contributed by atoms with Gasteiger partial charge in [-0.05, 0) is 66.5 Å². The summed E-state index contributed by atoms with van der Waals surface area (Å²) in [5.41, 5.74) is 5.68. The van der Waals surface area contributed by atoms with Gasteiger partial charge >= 0.3 is 0 Å². The Balaban J connectivity index is 3.60. The second kappa shape index (κ2) is 8.86. The number of nitrogens with two attached hydrogens (primary N) is 1. The van der Waals surface area contributed by atoms with Crippen LogP contribution in [-0.4, -0.2) is 67.8 Å². The largest absolute Gasteiger partial charge is 0.394 e. The Morgan fingerprint density at radius 3 is 2.12 bits per heavy atom. The Bertz CT molecular complexity index is 182. The third kappa shape index (κ3) is 8.55. The Hall–Kier alpha value is -0.160. The van der Waals surface area contributed by atoms with Crippen LogP contribution in [0.4, 0.5) is 0 Å². The smallest absolute Gasteiger partial charge is 0.0611 e. The van der Waals surface area contributed by atoms with Gasteiger partial charge in [0.05, 0.1) is 6.61 Å². The fraction of sp³-hybridized carbons (Fsp3) is 1.00. The molecule has 17 heavy (non-hydrogen) atoms. The fourth-order valence-electron chi connectivity index (χ4n) is 1.84. The first-order chi connectivity index (χ1) is 7.93. The van der Waals surface area contributed by atoms with Crippen LogP contribution in [0.3, 0.4) is 0 Å². The predicted octanol–water partition coefficient (Wildman–Crippen LogP) is 0.750. The highest BCUT2D eigenvalue weighted by atomic mass is 16.3. The summed E-state index contributed by atoms with van der Waals surface area (Å²) >= 11 is 0. The lowest BCUT2D eigenvalue weighted by Gasteiger charge is -2.26. The molecule has 0 rings (SSSR count). The van der Waals surface area contributed by atoms with E-state index in [1.807, 2.05) is 6.92 Å². The Kier molecular flexibility index (Phi) is 8.78. The molecule has 0 heterocycles. The molecule has 0 bridgehead atoms. The monoisotopic (exact) mass is 245 g/mol. The number of hydrogen-bond donors (Lipinski definition) is 2. The topological polar surface area (TPSA) is 52.7 Å². The molecule has 0 aliphatic rings. The van der Waals surface area contributed by atoms with Crippen molar-refractivity contribution in [1.29, 1.82) is 0 Å². The lowest BCUT2D eigenvalue weighted by Crippen LogP contribution is -2.43. The van der Waals surface area contributed by atoms with Crippen molar-refractivity contribution in [2.45, 2.75) is 38.1 Å². The van der Waals surface area contributed by atoms with E-state index in [2.05, 4.69) is 30.9 Å². The zero-order valence-electron chi connectivity index (χ0n) is 12.1. The van der Waals surface area contributed by atoms with Crippen LogP contribution in [0, 0.1) is 0 Å². The van der Waals surface area contributed by atoms with Gasteiger partial charge in [0.25, 0.3) is 0 Å². The van der Waals surface area contributed by atoms with E-state index in [0.29, 0.717) is 0 Å². The normalized spacial score (nSPS) is 15.5.